The Balaban J connectivity index is 2.89. The maximum Gasteiger partial charge on any atom is 0.273 e. The van der Waals surface area contributed by atoms with Gasteiger partial charge in [-0.05, 0) is 0 Å². The van der Waals surface area contributed by atoms with Gasteiger partial charge in [-0.1, -0.05) is 0 Å². The molecule has 0 aromatic carbocycles. The second kappa shape index (κ2) is 2.13. The second-order valence-electron chi connectivity index (χ2n) is 2.02. The van der Waals surface area contributed by atoms with Gasteiger partial charge in [0.15, 0.2) is 5.82 Å². The van der Waals surface area contributed by atoms with E-state index in [2.05, 4.69) is 20.3 Å². The molecule has 0 radical (unpaired) electrons. The van der Waals surface area contributed by atoms with Gasteiger partial charge >= 0.3 is 0 Å². The molecule has 12 heavy (non-hydrogen) atoms. The molecule has 0 bridgehead atoms. The molecule has 0 aliphatic heterocycles. The first-order valence-corrected chi connectivity index (χ1v) is 3.05. The first-order valence-electron chi connectivity index (χ1n) is 3.05. The molecule has 7 nitrogen and oxygen atoms in total. The molecule has 0 amide bonds. The molecule has 7 heteroatoms. The van der Waals surface area contributed by atoms with Gasteiger partial charge in [0.05, 0.1) is 0 Å². The predicted molar refractivity (Wildman–Crippen MR) is 37.7 cm³/mol. The van der Waals surface area contributed by atoms with E-state index in [0.29, 0.717) is 0 Å². The van der Waals surface area contributed by atoms with Crippen LogP contribution in [0.4, 0.5) is 5.82 Å². The van der Waals surface area contributed by atoms with E-state index in [4.69, 9.17) is 11.0 Å². The maximum atomic E-state index is 8.52. The normalized spacial score (nSPS) is 9.92. The standard InChI is InChI=1S/C5H3N7/c6-1-3-4(7)12-5(11-10-3)8-2-9-12/h2H,7H2. The molecule has 2 N–H and O–H groups in total. The number of fused-ring (bicyclic) bond motifs is 1. The van der Waals surface area contributed by atoms with Crippen molar-refractivity contribution >= 4 is 11.6 Å². The number of nitrogen functional groups attached to an aromatic ring is 1. The highest BCUT2D eigenvalue weighted by Crippen LogP contribution is 2.04. The van der Waals surface area contributed by atoms with Gasteiger partial charge in [-0.15, -0.1) is 10.2 Å². The third-order valence-electron chi connectivity index (χ3n) is 1.35. The molecule has 2 heterocycles. The van der Waals surface area contributed by atoms with Gasteiger partial charge in [0.1, 0.15) is 12.4 Å². The minimum atomic E-state index is 0.0491. The Morgan fingerprint density at radius 3 is 3.08 bits per heavy atom. The van der Waals surface area contributed by atoms with Crippen molar-refractivity contribution in [1.82, 2.24) is 24.8 Å². The zero-order valence-corrected chi connectivity index (χ0v) is 5.84. The molecule has 0 saturated heterocycles. The van der Waals surface area contributed by atoms with Crippen LogP contribution in [-0.2, 0) is 0 Å². The molecule has 0 unspecified atom stereocenters. The molecular weight excluding hydrogens is 158 g/mol. The largest absolute Gasteiger partial charge is 0.381 e. The van der Waals surface area contributed by atoms with Crippen molar-refractivity contribution < 1.29 is 0 Å². The van der Waals surface area contributed by atoms with Gasteiger partial charge < -0.3 is 5.73 Å². The van der Waals surface area contributed by atoms with Crippen LogP contribution in [0, 0.1) is 11.3 Å². The van der Waals surface area contributed by atoms with Gasteiger partial charge in [-0.3, -0.25) is 0 Å². The zero-order valence-electron chi connectivity index (χ0n) is 5.84. The summed E-state index contributed by atoms with van der Waals surface area (Å²) in [7, 11) is 0. The van der Waals surface area contributed by atoms with Crippen molar-refractivity contribution in [2.45, 2.75) is 0 Å². The Labute approximate surface area is 66.5 Å². The highest BCUT2D eigenvalue weighted by Gasteiger charge is 2.06. The minimum absolute atomic E-state index is 0.0491. The molecule has 58 valence electrons. The number of hydrogen-bond acceptors (Lipinski definition) is 6. The van der Waals surface area contributed by atoms with Crippen LogP contribution in [0.1, 0.15) is 5.69 Å². The first-order chi connectivity index (χ1) is 5.83. The van der Waals surface area contributed by atoms with Gasteiger partial charge in [0, 0.05) is 0 Å². The van der Waals surface area contributed by atoms with Crippen LogP contribution in [0.3, 0.4) is 0 Å². The summed E-state index contributed by atoms with van der Waals surface area (Å²) < 4.78 is 1.26. The van der Waals surface area contributed by atoms with Crippen molar-refractivity contribution in [3.63, 3.8) is 0 Å². The van der Waals surface area contributed by atoms with Crippen LogP contribution in [0.5, 0.6) is 0 Å². The Bertz CT molecular complexity index is 464. The number of anilines is 1. The topological polar surface area (TPSA) is 106 Å². The summed E-state index contributed by atoms with van der Waals surface area (Å²) in [5.74, 6) is 0.437. The summed E-state index contributed by atoms with van der Waals surface area (Å²) in [5.41, 5.74) is 5.56. The zero-order chi connectivity index (χ0) is 8.55. The summed E-state index contributed by atoms with van der Waals surface area (Å²) in [4.78, 5) is 3.74. The van der Waals surface area contributed by atoms with Crippen LogP contribution in [0.2, 0.25) is 0 Å². The molecule has 0 atom stereocenters. The molecule has 2 rings (SSSR count). The fraction of sp³-hybridized carbons (Fsp3) is 0. The van der Waals surface area contributed by atoms with Gasteiger partial charge in [0.2, 0.25) is 5.69 Å². The van der Waals surface area contributed by atoms with Crippen LogP contribution in [0.15, 0.2) is 6.33 Å². The third-order valence-corrected chi connectivity index (χ3v) is 1.35. The lowest BCUT2D eigenvalue weighted by atomic mass is 10.5. The Hall–Kier alpha value is -2.23. The van der Waals surface area contributed by atoms with Gasteiger partial charge in [-0.25, -0.2) is 0 Å². The molecule has 0 saturated carbocycles. The van der Waals surface area contributed by atoms with E-state index in [0.717, 1.165) is 0 Å². The summed E-state index contributed by atoms with van der Waals surface area (Å²) in [6.45, 7) is 0. The third kappa shape index (κ3) is 0.687. The van der Waals surface area contributed by atoms with Gasteiger partial charge in [-0.2, -0.15) is 19.9 Å². The van der Waals surface area contributed by atoms with E-state index in [1.807, 2.05) is 0 Å². The lowest BCUT2D eigenvalue weighted by Gasteiger charge is -1.95. The lowest BCUT2D eigenvalue weighted by molar-refractivity contribution is 0.888. The smallest absolute Gasteiger partial charge is 0.273 e. The SMILES string of the molecule is N#Cc1nnc2ncnn2c1N. The second-order valence-corrected chi connectivity index (χ2v) is 2.02. The van der Waals surface area contributed by atoms with E-state index in [1.54, 1.807) is 6.07 Å². The number of nitriles is 1. The molecular formula is C5H3N7. The highest BCUT2D eigenvalue weighted by atomic mass is 15.4. The lowest BCUT2D eigenvalue weighted by Crippen LogP contribution is -2.05. The fourth-order valence-electron chi connectivity index (χ4n) is 0.799. The Morgan fingerprint density at radius 2 is 2.33 bits per heavy atom. The number of nitrogens with two attached hydrogens (primary N) is 1. The summed E-state index contributed by atoms with van der Waals surface area (Å²) >= 11 is 0. The number of aromatic nitrogens is 5. The van der Waals surface area contributed by atoms with Crippen molar-refractivity contribution in [2.24, 2.45) is 0 Å². The van der Waals surface area contributed by atoms with Crippen LogP contribution in [-0.4, -0.2) is 24.8 Å². The molecule has 2 aromatic rings. The quantitative estimate of drug-likeness (QED) is 0.529. The molecule has 0 aliphatic rings. The molecule has 0 fully saturated rings. The minimum Gasteiger partial charge on any atom is -0.381 e. The highest BCUT2D eigenvalue weighted by molar-refractivity contribution is 5.47. The van der Waals surface area contributed by atoms with Crippen molar-refractivity contribution in [3.05, 3.63) is 12.0 Å². The van der Waals surface area contributed by atoms with E-state index < -0.39 is 0 Å². The number of rotatable bonds is 0. The van der Waals surface area contributed by atoms with Crippen LogP contribution in [0.25, 0.3) is 5.78 Å². The van der Waals surface area contributed by atoms with E-state index in [1.165, 1.54) is 10.8 Å². The van der Waals surface area contributed by atoms with E-state index >= 15 is 0 Å². The molecule has 0 spiro atoms. The average Bonchev–Trinajstić information content (AvgIpc) is 2.53. The summed E-state index contributed by atoms with van der Waals surface area (Å²) in [6, 6.07) is 1.79. The van der Waals surface area contributed by atoms with E-state index in [-0.39, 0.29) is 17.3 Å². The molecule has 2 aromatic heterocycles. The number of nitrogens with zero attached hydrogens (tertiary/aromatic N) is 6. The Morgan fingerprint density at radius 1 is 1.50 bits per heavy atom. The maximum absolute atomic E-state index is 8.52. The van der Waals surface area contributed by atoms with Crippen molar-refractivity contribution in [2.75, 3.05) is 5.73 Å². The van der Waals surface area contributed by atoms with Crippen LogP contribution >= 0.6 is 0 Å². The first kappa shape index (κ1) is 6.48. The predicted octanol–water partition coefficient (Wildman–Crippen LogP) is -1.03. The van der Waals surface area contributed by atoms with Crippen molar-refractivity contribution in [3.8, 4) is 6.07 Å². The number of hydrogen-bond donors (Lipinski definition) is 1. The fourth-order valence-corrected chi connectivity index (χ4v) is 0.799. The Kier molecular flexibility index (Phi) is 1.15. The van der Waals surface area contributed by atoms with Gasteiger partial charge in [0.25, 0.3) is 5.78 Å². The van der Waals surface area contributed by atoms with Crippen LogP contribution < -0.4 is 5.73 Å². The summed E-state index contributed by atoms with van der Waals surface area (Å²) in [5, 5.41) is 19.4. The van der Waals surface area contributed by atoms with E-state index in [9.17, 15) is 0 Å². The average molecular weight is 161 g/mol. The molecule has 0 aliphatic carbocycles. The van der Waals surface area contributed by atoms with Crippen molar-refractivity contribution in [1.29, 1.82) is 5.26 Å². The summed E-state index contributed by atoms with van der Waals surface area (Å²) in [6.07, 6.45) is 1.29. The monoisotopic (exact) mass is 161 g/mol.